The van der Waals surface area contributed by atoms with Crippen LogP contribution in [0.5, 0.6) is 0 Å². The van der Waals surface area contributed by atoms with Crippen molar-refractivity contribution >= 4 is 11.2 Å². The summed E-state index contributed by atoms with van der Waals surface area (Å²) in [6, 6.07) is 4.05. The van der Waals surface area contributed by atoms with Crippen LogP contribution in [0.2, 0.25) is 0 Å². The van der Waals surface area contributed by atoms with Gasteiger partial charge in [-0.05, 0) is 50.9 Å². The lowest BCUT2D eigenvalue weighted by atomic mass is 10.1. The van der Waals surface area contributed by atoms with Crippen molar-refractivity contribution in [1.29, 1.82) is 0 Å². The molecule has 0 aliphatic carbocycles. The molecule has 5 heteroatoms. The van der Waals surface area contributed by atoms with E-state index in [-0.39, 0.29) is 0 Å². The van der Waals surface area contributed by atoms with Crippen LogP contribution < -0.4 is 10.6 Å². The van der Waals surface area contributed by atoms with Crippen LogP contribution in [-0.2, 0) is 0 Å². The number of nitrogens with zero attached hydrogens (tertiary/aromatic N) is 3. The van der Waals surface area contributed by atoms with Crippen LogP contribution in [0.25, 0.3) is 11.2 Å². The monoisotopic (exact) mass is 271 g/mol. The molecule has 20 heavy (non-hydrogen) atoms. The lowest BCUT2D eigenvalue weighted by molar-refractivity contribution is 0.315. The largest absolute Gasteiger partial charge is 0.316 e. The van der Waals surface area contributed by atoms with Gasteiger partial charge >= 0.3 is 0 Å². The fraction of sp³-hybridized carbons (Fsp3) is 0.600. The number of imidazole rings is 1. The molecule has 2 saturated heterocycles. The van der Waals surface area contributed by atoms with E-state index in [2.05, 4.69) is 26.3 Å². The van der Waals surface area contributed by atoms with Crippen molar-refractivity contribution < 1.29 is 0 Å². The summed E-state index contributed by atoms with van der Waals surface area (Å²) >= 11 is 0. The molecule has 0 spiro atoms. The second-order valence-electron chi connectivity index (χ2n) is 5.84. The van der Waals surface area contributed by atoms with Gasteiger partial charge in [0.2, 0.25) is 0 Å². The highest BCUT2D eigenvalue weighted by molar-refractivity contribution is 5.71. The first kappa shape index (κ1) is 12.3. The number of fused-ring (bicyclic) bond motifs is 1. The average molecular weight is 271 g/mol. The minimum absolute atomic E-state index is 0.360. The van der Waals surface area contributed by atoms with E-state index in [0.29, 0.717) is 12.1 Å². The number of pyridine rings is 1. The molecule has 2 aliphatic heterocycles. The number of hydrogen-bond donors (Lipinski definition) is 2. The Bertz CT molecular complexity index is 593. The molecule has 2 fully saturated rings. The molecule has 2 atom stereocenters. The number of rotatable bonds is 2. The SMILES string of the molecule is c1cnc2c(c1)nc(C1CCNC1)n2C1CCCCN1. The molecular weight excluding hydrogens is 250 g/mol. The van der Waals surface area contributed by atoms with Crippen molar-refractivity contribution in [2.45, 2.75) is 37.8 Å². The second-order valence-corrected chi connectivity index (χ2v) is 5.84. The van der Waals surface area contributed by atoms with Crippen LogP contribution in [-0.4, -0.2) is 34.2 Å². The Morgan fingerprint density at radius 3 is 3.00 bits per heavy atom. The molecule has 0 aromatic carbocycles. The topological polar surface area (TPSA) is 54.8 Å². The summed E-state index contributed by atoms with van der Waals surface area (Å²) in [6.07, 6.45) is 7.15. The second kappa shape index (κ2) is 5.14. The summed E-state index contributed by atoms with van der Waals surface area (Å²) < 4.78 is 2.37. The standard InChI is InChI=1S/C15H21N5/c1-2-7-17-13(5-1)20-14(11-6-9-16-10-11)19-12-4-3-8-18-15(12)20/h3-4,8,11,13,16-17H,1-2,5-7,9-10H2. The highest BCUT2D eigenvalue weighted by Crippen LogP contribution is 2.30. The van der Waals surface area contributed by atoms with E-state index >= 15 is 0 Å². The predicted octanol–water partition coefficient (Wildman–Crippen LogP) is 1.78. The van der Waals surface area contributed by atoms with E-state index in [9.17, 15) is 0 Å². The third-order valence-electron chi connectivity index (χ3n) is 4.50. The molecule has 0 bridgehead atoms. The normalized spacial score (nSPS) is 27.2. The first-order valence-corrected chi connectivity index (χ1v) is 7.70. The van der Waals surface area contributed by atoms with Crippen molar-refractivity contribution in [1.82, 2.24) is 25.2 Å². The zero-order chi connectivity index (χ0) is 13.4. The molecule has 2 unspecified atom stereocenters. The third-order valence-corrected chi connectivity index (χ3v) is 4.50. The third kappa shape index (κ3) is 2.01. The fourth-order valence-corrected chi connectivity index (χ4v) is 3.47. The van der Waals surface area contributed by atoms with Gasteiger partial charge in [-0.2, -0.15) is 0 Å². The summed E-state index contributed by atoms with van der Waals surface area (Å²) in [4.78, 5) is 9.48. The molecule has 0 saturated carbocycles. The molecule has 4 rings (SSSR count). The maximum atomic E-state index is 4.89. The number of aromatic nitrogens is 3. The van der Waals surface area contributed by atoms with E-state index in [0.717, 1.165) is 30.8 Å². The van der Waals surface area contributed by atoms with Crippen molar-refractivity contribution in [3.63, 3.8) is 0 Å². The maximum absolute atomic E-state index is 4.89. The van der Waals surface area contributed by atoms with Gasteiger partial charge < -0.3 is 5.32 Å². The molecule has 5 nitrogen and oxygen atoms in total. The highest BCUT2D eigenvalue weighted by Gasteiger charge is 2.27. The first-order valence-electron chi connectivity index (χ1n) is 7.70. The summed E-state index contributed by atoms with van der Waals surface area (Å²) in [7, 11) is 0. The molecule has 0 amide bonds. The van der Waals surface area contributed by atoms with Crippen LogP contribution in [0.15, 0.2) is 18.3 Å². The number of hydrogen-bond acceptors (Lipinski definition) is 4. The van der Waals surface area contributed by atoms with E-state index in [4.69, 9.17) is 4.98 Å². The van der Waals surface area contributed by atoms with Crippen molar-refractivity contribution in [2.24, 2.45) is 0 Å². The Kier molecular flexibility index (Phi) is 3.16. The lowest BCUT2D eigenvalue weighted by Crippen LogP contribution is -2.33. The predicted molar refractivity (Wildman–Crippen MR) is 78.6 cm³/mol. The van der Waals surface area contributed by atoms with Gasteiger partial charge in [-0.15, -0.1) is 0 Å². The molecule has 2 aliphatic rings. The van der Waals surface area contributed by atoms with Crippen molar-refractivity contribution in [2.75, 3.05) is 19.6 Å². The lowest BCUT2D eigenvalue weighted by Gasteiger charge is -2.27. The van der Waals surface area contributed by atoms with Gasteiger partial charge in [-0.3, -0.25) is 9.88 Å². The number of nitrogens with one attached hydrogen (secondary N) is 2. The Morgan fingerprint density at radius 2 is 2.20 bits per heavy atom. The van der Waals surface area contributed by atoms with Gasteiger partial charge in [-0.1, -0.05) is 0 Å². The van der Waals surface area contributed by atoms with Crippen LogP contribution in [0.1, 0.15) is 43.6 Å². The minimum atomic E-state index is 0.360. The molecule has 2 N–H and O–H groups in total. The van der Waals surface area contributed by atoms with Gasteiger partial charge in [0.1, 0.15) is 11.3 Å². The fourth-order valence-electron chi connectivity index (χ4n) is 3.47. The Balaban J connectivity index is 1.83. The summed E-state index contributed by atoms with van der Waals surface area (Å²) in [5.74, 6) is 1.73. The molecular formula is C15H21N5. The van der Waals surface area contributed by atoms with Gasteiger partial charge in [0.05, 0.1) is 6.17 Å². The quantitative estimate of drug-likeness (QED) is 0.874. The molecule has 106 valence electrons. The Labute approximate surface area is 118 Å². The molecule has 2 aromatic rings. The highest BCUT2D eigenvalue weighted by atomic mass is 15.2. The summed E-state index contributed by atoms with van der Waals surface area (Å²) in [5, 5.41) is 7.09. The van der Waals surface area contributed by atoms with Gasteiger partial charge in [0.25, 0.3) is 0 Å². The smallest absolute Gasteiger partial charge is 0.161 e. The molecule has 4 heterocycles. The summed E-state index contributed by atoms with van der Waals surface area (Å²) in [6.45, 7) is 3.23. The van der Waals surface area contributed by atoms with E-state index < -0.39 is 0 Å². The van der Waals surface area contributed by atoms with Gasteiger partial charge in [0, 0.05) is 18.7 Å². The zero-order valence-electron chi connectivity index (χ0n) is 11.7. The minimum Gasteiger partial charge on any atom is -0.316 e. The van der Waals surface area contributed by atoms with Crippen molar-refractivity contribution in [3.8, 4) is 0 Å². The molecule has 2 aromatic heterocycles. The molecule has 0 radical (unpaired) electrons. The number of piperidine rings is 1. The first-order chi connectivity index (χ1) is 9.93. The average Bonchev–Trinajstić information content (AvgIpc) is 3.15. The van der Waals surface area contributed by atoms with Crippen molar-refractivity contribution in [3.05, 3.63) is 24.2 Å². The van der Waals surface area contributed by atoms with Crippen LogP contribution in [0.4, 0.5) is 0 Å². The summed E-state index contributed by atoms with van der Waals surface area (Å²) in [5.41, 5.74) is 2.07. The van der Waals surface area contributed by atoms with Crippen LogP contribution in [0, 0.1) is 0 Å². The maximum Gasteiger partial charge on any atom is 0.161 e. The van der Waals surface area contributed by atoms with Crippen LogP contribution >= 0.6 is 0 Å². The van der Waals surface area contributed by atoms with E-state index in [1.54, 1.807) is 0 Å². The zero-order valence-corrected chi connectivity index (χ0v) is 11.7. The Morgan fingerprint density at radius 1 is 1.20 bits per heavy atom. The van der Waals surface area contributed by atoms with E-state index in [1.807, 2.05) is 12.3 Å². The van der Waals surface area contributed by atoms with Crippen LogP contribution in [0.3, 0.4) is 0 Å². The van der Waals surface area contributed by atoms with E-state index in [1.165, 1.54) is 31.5 Å². The Hall–Kier alpha value is -1.46. The van der Waals surface area contributed by atoms with Gasteiger partial charge in [0.15, 0.2) is 5.65 Å². The van der Waals surface area contributed by atoms with Gasteiger partial charge in [-0.25, -0.2) is 9.97 Å².